The van der Waals surface area contributed by atoms with Gasteiger partial charge < -0.3 is 19.3 Å². The highest BCUT2D eigenvalue weighted by Crippen LogP contribution is 2.47. The van der Waals surface area contributed by atoms with Crippen molar-refractivity contribution in [3.05, 3.63) is 70.3 Å². The quantitative estimate of drug-likeness (QED) is 0.375. The Morgan fingerprint density at radius 2 is 1.85 bits per heavy atom. The SMILES string of the molecule is CO[C@]1(CN2CCN(C(C)C)C(=O)C2)/C=C/C[C@H](C)[C@@H](C)S(=O)(=O)NC(=O)c2ccc3c(c2)N(CCCCc2cc(Cl)ccc2CO3)C[C@@H]2CC[C@H]21. The smallest absolute Gasteiger partial charge is 0.264 e. The lowest BCUT2D eigenvalue weighted by Gasteiger charge is -2.52. The van der Waals surface area contributed by atoms with Gasteiger partial charge in [0.2, 0.25) is 15.9 Å². The fraction of sp³-hybridized carbons (Fsp3) is 0.600. The molecule has 4 aliphatic rings. The van der Waals surface area contributed by atoms with Crippen molar-refractivity contribution >= 4 is 39.1 Å². The molecule has 10 nitrogen and oxygen atoms in total. The molecule has 3 heterocycles. The Labute approximate surface area is 314 Å². The first-order valence-electron chi connectivity index (χ1n) is 18.9. The molecular formula is C40H55ClN4O6S. The molecule has 2 amide bonds. The third-order valence-electron chi connectivity index (χ3n) is 12.0. The van der Waals surface area contributed by atoms with Crippen molar-refractivity contribution in [2.75, 3.05) is 51.3 Å². The highest BCUT2D eigenvalue weighted by molar-refractivity contribution is 7.90. The summed E-state index contributed by atoms with van der Waals surface area (Å²) >= 11 is 6.39. The summed E-state index contributed by atoms with van der Waals surface area (Å²) in [7, 11) is -2.22. The monoisotopic (exact) mass is 754 g/mol. The van der Waals surface area contributed by atoms with Gasteiger partial charge in [0.1, 0.15) is 18.0 Å². The maximum atomic E-state index is 13.6. The largest absolute Gasteiger partial charge is 0.487 e. The second kappa shape index (κ2) is 16.1. The predicted molar refractivity (Wildman–Crippen MR) is 205 cm³/mol. The number of carbonyl (C=O) groups is 2. The number of piperazine rings is 1. The van der Waals surface area contributed by atoms with E-state index in [1.807, 2.05) is 30.0 Å². The summed E-state index contributed by atoms with van der Waals surface area (Å²) in [5.41, 5.74) is 2.60. The number of anilines is 1. The molecule has 2 bridgehead atoms. The topological polar surface area (TPSA) is 108 Å². The summed E-state index contributed by atoms with van der Waals surface area (Å²) in [6.45, 7) is 11.8. The zero-order chi connectivity index (χ0) is 37.2. The van der Waals surface area contributed by atoms with E-state index in [9.17, 15) is 18.0 Å². The van der Waals surface area contributed by atoms with Crippen molar-refractivity contribution < 1.29 is 27.5 Å². The first-order valence-corrected chi connectivity index (χ1v) is 20.8. The molecule has 0 aromatic heterocycles. The summed E-state index contributed by atoms with van der Waals surface area (Å²) in [5, 5.41) is -0.121. The number of halogens is 1. The van der Waals surface area contributed by atoms with Gasteiger partial charge in [0.15, 0.2) is 0 Å². The van der Waals surface area contributed by atoms with Crippen molar-refractivity contribution in [1.82, 2.24) is 14.5 Å². The van der Waals surface area contributed by atoms with Gasteiger partial charge in [-0.1, -0.05) is 36.7 Å². The Morgan fingerprint density at radius 3 is 2.56 bits per heavy atom. The summed E-state index contributed by atoms with van der Waals surface area (Å²) in [5.74, 6) is 0.285. The fourth-order valence-corrected chi connectivity index (χ4v) is 9.88. The number of allylic oxidation sites excluding steroid dienone is 1. The minimum absolute atomic E-state index is 0.130. The van der Waals surface area contributed by atoms with Crippen LogP contribution in [0.25, 0.3) is 0 Å². The maximum absolute atomic E-state index is 13.6. The Hall–Kier alpha value is -3.12. The number of nitrogens with zero attached hydrogens (tertiary/aromatic N) is 3. The first-order chi connectivity index (χ1) is 24.8. The van der Waals surface area contributed by atoms with Gasteiger partial charge in [-0.2, -0.15) is 0 Å². The molecule has 1 N–H and O–H groups in total. The molecule has 5 atom stereocenters. The van der Waals surface area contributed by atoms with Gasteiger partial charge in [-0.3, -0.25) is 14.5 Å². The number of carbonyl (C=O) groups excluding carboxylic acids is 2. The minimum atomic E-state index is -3.99. The van der Waals surface area contributed by atoms with Crippen molar-refractivity contribution in [3.63, 3.8) is 0 Å². The van der Waals surface area contributed by atoms with E-state index in [1.54, 1.807) is 32.2 Å². The highest BCUT2D eigenvalue weighted by atomic mass is 35.5. The molecule has 2 aromatic carbocycles. The number of hydrogen-bond donors (Lipinski definition) is 1. The van der Waals surface area contributed by atoms with Crippen LogP contribution in [0.3, 0.4) is 0 Å². The van der Waals surface area contributed by atoms with Crippen LogP contribution >= 0.6 is 11.6 Å². The number of hydrogen-bond acceptors (Lipinski definition) is 8. The molecule has 2 aromatic rings. The normalized spacial score (nSPS) is 29.5. The Bertz CT molecular complexity index is 1770. The molecule has 0 spiro atoms. The second-order valence-electron chi connectivity index (χ2n) is 15.6. The Kier molecular flexibility index (Phi) is 11.9. The van der Waals surface area contributed by atoms with Crippen molar-refractivity contribution in [2.24, 2.45) is 17.8 Å². The zero-order valence-corrected chi connectivity index (χ0v) is 32.8. The minimum Gasteiger partial charge on any atom is -0.487 e. The van der Waals surface area contributed by atoms with Crippen molar-refractivity contribution in [3.8, 4) is 5.75 Å². The van der Waals surface area contributed by atoms with Gasteiger partial charge >= 0.3 is 0 Å². The zero-order valence-electron chi connectivity index (χ0n) is 31.3. The van der Waals surface area contributed by atoms with E-state index >= 15 is 0 Å². The molecular weight excluding hydrogens is 700 g/mol. The number of methoxy groups -OCH3 is 1. The van der Waals surface area contributed by atoms with Gasteiger partial charge in [-0.05, 0) is 119 Å². The summed E-state index contributed by atoms with van der Waals surface area (Å²) < 4.78 is 42.6. The molecule has 0 unspecified atom stereocenters. The molecule has 1 saturated carbocycles. The number of fused-ring (bicyclic) bond motifs is 3. The third kappa shape index (κ3) is 8.32. The number of benzene rings is 2. The van der Waals surface area contributed by atoms with Crippen LogP contribution in [-0.2, 0) is 32.6 Å². The van der Waals surface area contributed by atoms with Crippen LogP contribution in [0.2, 0.25) is 5.02 Å². The summed E-state index contributed by atoms with van der Waals surface area (Å²) in [6.07, 6.45) is 9.41. The molecule has 52 heavy (non-hydrogen) atoms. The van der Waals surface area contributed by atoms with Gasteiger partial charge in [0.25, 0.3) is 5.91 Å². The standard InChI is InChI=1S/C40H55ClN4O6S/c1-27(2)45-20-19-43(24-38(45)46)26-40(50-5)17-8-9-28(3)29(4)52(48,49)42-39(47)31-13-16-37-36(22-31)44(23-32-12-15-35(32)40)18-7-6-10-30-21-34(41)14-11-33(30)25-51-37/h8,11,13-14,16-17,21-22,27-29,32,35H,6-7,9-10,12,15,18-20,23-26H2,1-5H3,(H,42,47)/b17-8+/t28-,29+,32-,35+,40-/m0/s1. The number of ether oxygens (including phenoxy) is 2. The van der Waals surface area contributed by atoms with Gasteiger partial charge in [-0.15, -0.1) is 0 Å². The number of nitrogens with one attached hydrogen (secondary N) is 1. The lowest BCUT2D eigenvalue weighted by Crippen LogP contribution is -2.60. The van der Waals surface area contributed by atoms with Crippen LogP contribution in [0.15, 0.2) is 48.6 Å². The van der Waals surface area contributed by atoms with E-state index in [2.05, 4.69) is 40.5 Å². The third-order valence-corrected chi connectivity index (χ3v) is 14.1. The van der Waals surface area contributed by atoms with E-state index in [0.717, 1.165) is 63.0 Å². The molecule has 1 aliphatic carbocycles. The van der Waals surface area contributed by atoms with Crippen molar-refractivity contribution in [1.29, 1.82) is 0 Å². The fourth-order valence-electron chi connectivity index (χ4n) is 8.40. The van der Waals surface area contributed by atoms with Gasteiger partial charge in [0, 0.05) is 56.5 Å². The van der Waals surface area contributed by atoms with E-state index in [4.69, 9.17) is 21.1 Å². The average Bonchev–Trinajstić information content (AvgIpc) is 3.12. The summed E-state index contributed by atoms with van der Waals surface area (Å²) in [6, 6.07) is 11.3. The average molecular weight is 755 g/mol. The summed E-state index contributed by atoms with van der Waals surface area (Å²) in [4.78, 5) is 33.3. The number of amides is 2. The molecule has 12 heteroatoms. The van der Waals surface area contributed by atoms with E-state index in [-0.39, 0.29) is 35.3 Å². The lowest BCUT2D eigenvalue weighted by atomic mass is 9.63. The van der Waals surface area contributed by atoms with Crippen LogP contribution in [-0.4, -0.2) is 93.3 Å². The van der Waals surface area contributed by atoms with E-state index < -0.39 is 26.8 Å². The number of sulfonamides is 1. The predicted octanol–water partition coefficient (Wildman–Crippen LogP) is 6.07. The highest BCUT2D eigenvalue weighted by Gasteiger charge is 2.49. The van der Waals surface area contributed by atoms with E-state index in [0.29, 0.717) is 43.4 Å². The van der Waals surface area contributed by atoms with Crippen LogP contribution < -0.4 is 14.4 Å². The van der Waals surface area contributed by atoms with Crippen LogP contribution in [0.5, 0.6) is 5.75 Å². The molecule has 3 aliphatic heterocycles. The molecule has 2 fully saturated rings. The lowest BCUT2D eigenvalue weighted by molar-refractivity contribution is -0.142. The van der Waals surface area contributed by atoms with Crippen LogP contribution in [0, 0.1) is 17.8 Å². The van der Waals surface area contributed by atoms with E-state index in [1.165, 1.54) is 5.56 Å². The molecule has 6 rings (SSSR count). The van der Waals surface area contributed by atoms with Gasteiger partial charge in [0.05, 0.1) is 17.5 Å². The molecule has 0 radical (unpaired) electrons. The first kappa shape index (κ1) is 38.6. The van der Waals surface area contributed by atoms with Crippen LogP contribution in [0.1, 0.15) is 81.3 Å². The van der Waals surface area contributed by atoms with Gasteiger partial charge in [-0.25, -0.2) is 13.1 Å². The van der Waals surface area contributed by atoms with Crippen LogP contribution in [0.4, 0.5) is 5.69 Å². The van der Waals surface area contributed by atoms with Crippen molar-refractivity contribution in [2.45, 2.75) is 89.7 Å². The number of aryl methyl sites for hydroxylation is 1. The molecule has 284 valence electrons. The second-order valence-corrected chi connectivity index (χ2v) is 18.1. The Balaban J connectivity index is 1.38. The maximum Gasteiger partial charge on any atom is 0.264 e. The Morgan fingerprint density at radius 1 is 1.04 bits per heavy atom. The molecule has 1 saturated heterocycles. The number of rotatable bonds is 4.